The predicted molar refractivity (Wildman–Crippen MR) is 107 cm³/mol. The Kier molecular flexibility index (Phi) is 3.56. The minimum absolute atomic E-state index is 0.205. The van der Waals surface area contributed by atoms with Gasteiger partial charge in [0.15, 0.2) is 17.3 Å². The minimum Gasteiger partial charge on any atom is -0.289 e. The van der Waals surface area contributed by atoms with Crippen LogP contribution in [0.25, 0.3) is 10.8 Å². The lowest BCUT2D eigenvalue weighted by atomic mass is 9.78. The normalized spacial score (nSPS) is 12.6. The molecule has 4 aromatic rings. The summed E-state index contributed by atoms with van der Waals surface area (Å²) in [5.41, 5.74) is 2.01. The van der Waals surface area contributed by atoms with Gasteiger partial charge in [0.1, 0.15) is 0 Å². The minimum atomic E-state index is -0.282. The lowest BCUT2D eigenvalue weighted by molar-refractivity contribution is 0.0972. The van der Waals surface area contributed by atoms with E-state index in [2.05, 4.69) is 0 Å². The molecule has 0 aromatic heterocycles. The maximum absolute atomic E-state index is 13.4. The molecule has 0 radical (unpaired) electrons. The standard InChI is InChI=1S/C25H14O3/c26-23(15-8-2-1-3-9-15)21-17-11-5-4-10-16(17)14-20-22(21)25(28)19-13-7-6-12-18(19)24(20)27/h1-14H. The van der Waals surface area contributed by atoms with E-state index in [4.69, 9.17) is 0 Å². The summed E-state index contributed by atoms with van der Waals surface area (Å²) >= 11 is 0. The number of hydrogen-bond donors (Lipinski definition) is 0. The highest BCUT2D eigenvalue weighted by atomic mass is 16.1. The van der Waals surface area contributed by atoms with Crippen LogP contribution >= 0.6 is 0 Å². The van der Waals surface area contributed by atoms with Crippen LogP contribution in [0.4, 0.5) is 0 Å². The fourth-order valence-corrected chi connectivity index (χ4v) is 3.89. The van der Waals surface area contributed by atoms with Gasteiger partial charge in [-0.3, -0.25) is 14.4 Å². The van der Waals surface area contributed by atoms with Gasteiger partial charge in [-0.2, -0.15) is 0 Å². The van der Waals surface area contributed by atoms with E-state index in [1.807, 2.05) is 30.3 Å². The molecule has 0 amide bonds. The van der Waals surface area contributed by atoms with Crippen LogP contribution in [-0.2, 0) is 0 Å². The summed E-state index contributed by atoms with van der Waals surface area (Å²) in [5.74, 6) is -0.762. The summed E-state index contributed by atoms with van der Waals surface area (Å²) in [6, 6.07) is 24.7. The van der Waals surface area contributed by atoms with E-state index in [-0.39, 0.29) is 22.9 Å². The first kappa shape index (κ1) is 16.3. The average molecular weight is 362 g/mol. The zero-order valence-corrected chi connectivity index (χ0v) is 14.8. The molecule has 0 saturated carbocycles. The van der Waals surface area contributed by atoms with Gasteiger partial charge in [0, 0.05) is 33.4 Å². The van der Waals surface area contributed by atoms with Crippen LogP contribution in [0.5, 0.6) is 0 Å². The third-order valence-electron chi connectivity index (χ3n) is 5.20. The molecule has 0 aliphatic heterocycles. The SMILES string of the molecule is O=C1c2ccccc2C(=O)c2c1cc1ccccc1c2C(=O)c1ccccc1. The van der Waals surface area contributed by atoms with Crippen molar-refractivity contribution in [3.63, 3.8) is 0 Å². The van der Waals surface area contributed by atoms with Gasteiger partial charge in [0.2, 0.25) is 0 Å². The molecule has 1 aliphatic carbocycles. The highest BCUT2D eigenvalue weighted by molar-refractivity contribution is 6.34. The largest absolute Gasteiger partial charge is 0.289 e. The molecule has 5 rings (SSSR count). The summed E-state index contributed by atoms with van der Waals surface area (Å²) in [6.07, 6.45) is 0. The van der Waals surface area contributed by atoms with Crippen molar-refractivity contribution in [2.24, 2.45) is 0 Å². The van der Waals surface area contributed by atoms with E-state index in [9.17, 15) is 14.4 Å². The second-order valence-electron chi connectivity index (χ2n) is 6.79. The number of ketones is 3. The Morgan fingerprint density at radius 3 is 1.96 bits per heavy atom. The Labute approximate surface area is 161 Å². The smallest absolute Gasteiger partial charge is 0.195 e. The molecule has 1 aliphatic rings. The Bertz CT molecular complexity index is 1300. The van der Waals surface area contributed by atoms with Crippen LogP contribution in [0.15, 0.2) is 84.9 Å². The van der Waals surface area contributed by atoms with Crippen molar-refractivity contribution in [2.75, 3.05) is 0 Å². The molecular weight excluding hydrogens is 348 g/mol. The molecule has 3 nitrogen and oxygen atoms in total. The number of carbonyl (C=O) groups is 3. The molecule has 28 heavy (non-hydrogen) atoms. The molecule has 0 fully saturated rings. The van der Waals surface area contributed by atoms with Gasteiger partial charge < -0.3 is 0 Å². The first-order chi connectivity index (χ1) is 13.7. The van der Waals surface area contributed by atoms with E-state index >= 15 is 0 Å². The summed E-state index contributed by atoms with van der Waals surface area (Å²) in [6.45, 7) is 0. The zero-order chi connectivity index (χ0) is 19.3. The average Bonchev–Trinajstić information content (AvgIpc) is 2.76. The van der Waals surface area contributed by atoms with Crippen LogP contribution in [-0.4, -0.2) is 17.3 Å². The van der Waals surface area contributed by atoms with E-state index in [0.29, 0.717) is 33.2 Å². The Hall–Kier alpha value is -3.85. The van der Waals surface area contributed by atoms with Crippen molar-refractivity contribution in [2.45, 2.75) is 0 Å². The summed E-state index contributed by atoms with van der Waals surface area (Å²) < 4.78 is 0. The Morgan fingerprint density at radius 1 is 0.607 bits per heavy atom. The van der Waals surface area contributed by atoms with Gasteiger partial charge in [0.05, 0.1) is 0 Å². The molecule has 0 spiro atoms. The van der Waals surface area contributed by atoms with Gasteiger partial charge in [-0.25, -0.2) is 0 Å². The van der Waals surface area contributed by atoms with E-state index < -0.39 is 0 Å². The predicted octanol–water partition coefficient (Wildman–Crippen LogP) is 4.85. The number of hydrogen-bond acceptors (Lipinski definition) is 3. The fraction of sp³-hybridized carbons (Fsp3) is 0. The highest BCUT2D eigenvalue weighted by Gasteiger charge is 2.34. The van der Waals surface area contributed by atoms with Crippen molar-refractivity contribution in [3.05, 3.63) is 118 Å². The third-order valence-corrected chi connectivity index (χ3v) is 5.20. The first-order valence-corrected chi connectivity index (χ1v) is 9.01. The van der Waals surface area contributed by atoms with Crippen molar-refractivity contribution in [3.8, 4) is 0 Å². The van der Waals surface area contributed by atoms with Gasteiger partial charge in [-0.15, -0.1) is 0 Å². The summed E-state index contributed by atoms with van der Waals surface area (Å²) in [5, 5.41) is 1.44. The lowest BCUT2D eigenvalue weighted by Gasteiger charge is -2.21. The molecule has 4 aromatic carbocycles. The summed E-state index contributed by atoms with van der Waals surface area (Å²) in [4.78, 5) is 39.9. The maximum Gasteiger partial charge on any atom is 0.195 e. The Balaban J connectivity index is 1.89. The van der Waals surface area contributed by atoms with Gasteiger partial charge in [0.25, 0.3) is 0 Å². The monoisotopic (exact) mass is 362 g/mol. The molecule has 0 heterocycles. The second kappa shape index (κ2) is 6.10. The third kappa shape index (κ3) is 2.26. The summed E-state index contributed by atoms with van der Waals surface area (Å²) in [7, 11) is 0. The Morgan fingerprint density at radius 2 is 1.21 bits per heavy atom. The molecule has 0 bridgehead atoms. The second-order valence-corrected chi connectivity index (χ2v) is 6.79. The van der Waals surface area contributed by atoms with Crippen molar-refractivity contribution in [1.29, 1.82) is 0 Å². The van der Waals surface area contributed by atoms with Crippen LogP contribution in [0, 0.1) is 0 Å². The molecule has 3 heteroatoms. The zero-order valence-electron chi connectivity index (χ0n) is 14.8. The van der Waals surface area contributed by atoms with Gasteiger partial charge in [-0.05, 0) is 16.8 Å². The molecule has 0 N–H and O–H groups in total. The van der Waals surface area contributed by atoms with Crippen LogP contribution < -0.4 is 0 Å². The van der Waals surface area contributed by atoms with E-state index in [1.54, 1.807) is 54.6 Å². The number of fused-ring (bicyclic) bond motifs is 3. The van der Waals surface area contributed by atoms with Gasteiger partial charge in [-0.1, -0.05) is 78.9 Å². The maximum atomic E-state index is 13.4. The van der Waals surface area contributed by atoms with Crippen molar-refractivity contribution < 1.29 is 14.4 Å². The molecule has 132 valence electrons. The molecule has 0 atom stereocenters. The van der Waals surface area contributed by atoms with Crippen molar-refractivity contribution >= 4 is 28.1 Å². The van der Waals surface area contributed by atoms with Crippen LogP contribution in [0.3, 0.4) is 0 Å². The number of carbonyl (C=O) groups excluding carboxylic acids is 3. The number of rotatable bonds is 2. The van der Waals surface area contributed by atoms with Crippen LogP contribution in [0.1, 0.15) is 47.8 Å². The fourth-order valence-electron chi connectivity index (χ4n) is 3.89. The quantitative estimate of drug-likeness (QED) is 0.422. The topological polar surface area (TPSA) is 51.2 Å². The lowest BCUT2D eigenvalue weighted by Crippen LogP contribution is -2.24. The first-order valence-electron chi connectivity index (χ1n) is 9.01. The highest BCUT2D eigenvalue weighted by Crippen LogP contribution is 2.35. The molecular formula is C25H14O3. The van der Waals surface area contributed by atoms with Gasteiger partial charge >= 0.3 is 0 Å². The van der Waals surface area contributed by atoms with Crippen LogP contribution in [0.2, 0.25) is 0 Å². The molecule has 0 unspecified atom stereocenters. The molecule has 0 saturated heterocycles. The number of benzene rings is 4. The van der Waals surface area contributed by atoms with Crippen molar-refractivity contribution in [1.82, 2.24) is 0 Å². The van der Waals surface area contributed by atoms with E-state index in [1.165, 1.54) is 0 Å². The van der Waals surface area contributed by atoms with E-state index in [0.717, 1.165) is 5.39 Å².